The van der Waals surface area contributed by atoms with Crippen molar-refractivity contribution < 1.29 is 19.4 Å². The molecule has 1 aromatic carbocycles. The molecule has 3 rings (SSSR count). The first-order valence-electron chi connectivity index (χ1n) is 8.56. The molecular formula is C18H22N6O4. The van der Waals surface area contributed by atoms with E-state index in [2.05, 4.69) is 15.0 Å². The van der Waals surface area contributed by atoms with Crippen molar-refractivity contribution in [3.05, 3.63) is 35.4 Å². The number of methoxy groups -OCH3 is 1. The molecule has 2 aromatic heterocycles. The molecule has 0 saturated heterocycles. The average molecular weight is 386 g/mol. The number of carbonyl (C=O) groups is 1. The molecule has 0 aliphatic rings. The Morgan fingerprint density at radius 3 is 2.54 bits per heavy atom. The van der Waals surface area contributed by atoms with Crippen molar-refractivity contribution in [2.24, 2.45) is 0 Å². The second kappa shape index (κ2) is 8.09. The summed E-state index contributed by atoms with van der Waals surface area (Å²) in [7, 11) is 5.39. The van der Waals surface area contributed by atoms with E-state index in [9.17, 15) is 4.79 Å². The minimum absolute atomic E-state index is 0.164. The Morgan fingerprint density at radius 1 is 1.21 bits per heavy atom. The molecule has 0 radical (unpaired) electrons. The lowest BCUT2D eigenvalue weighted by Crippen LogP contribution is -2.20. The van der Waals surface area contributed by atoms with Gasteiger partial charge in [0.25, 0.3) is 6.01 Å². The summed E-state index contributed by atoms with van der Waals surface area (Å²) >= 11 is 0. The third-order valence-corrected chi connectivity index (χ3v) is 4.06. The van der Waals surface area contributed by atoms with Crippen molar-refractivity contribution in [3.63, 3.8) is 0 Å². The highest BCUT2D eigenvalue weighted by Gasteiger charge is 2.18. The fourth-order valence-electron chi connectivity index (χ4n) is 2.60. The first kappa shape index (κ1) is 19.4. The maximum atomic E-state index is 11.0. The topological polar surface area (TPSA) is 129 Å². The highest BCUT2D eigenvalue weighted by atomic mass is 16.5. The predicted molar refractivity (Wildman–Crippen MR) is 103 cm³/mol. The monoisotopic (exact) mass is 386 g/mol. The molecule has 0 spiro atoms. The lowest BCUT2D eigenvalue weighted by atomic mass is 10.1. The molecule has 10 heteroatoms. The molecule has 0 aliphatic carbocycles. The van der Waals surface area contributed by atoms with Crippen LogP contribution < -0.4 is 15.2 Å². The molecule has 0 amide bonds. The molecule has 0 bridgehead atoms. The Morgan fingerprint density at radius 2 is 1.93 bits per heavy atom. The molecule has 0 unspecified atom stereocenters. The van der Waals surface area contributed by atoms with Crippen molar-refractivity contribution in [1.29, 1.82) is 0 Å². The minimum atomic E-state index is -0.975. The van der Waals surface area contributed by atoms with Gasteiger partial charge in [0.15, 0.2) is 17.0 Å². The summed E-state index contributed by atoms with van der Waals surface area (Å²) in [6, 6.07) is 7.03. The largest absolute Gasteiger partial charge is 0.478 e. The number of rotatable bonds is 8. The number of imidazole rings is 1. The number of anilines is 1. The molecule has 0 saturated carbocycles. The minimum Gasteiger partial charge on any atom is -0.478 e. The van der Waals surface area contributed by atoms with Crippen LogP contribution >= 0.6 is 0 Å². The number of hydrogen-bond acceptors (Lipinski definition) is 8. The van der Waals surface area contributed by atoms with Gasteiger partial charge in [0.2, 0.25) is 0 Å². The standard InChI is InChI=1S/C18H22N6O4/c1-23(2)8-9-28-17-21-14(19)13-15(22-17)24(18(20-13)27-3)10-11-4-6-12(7-5-11)16(25)26/h4-7H,8-10H2,1-3H3,(H,25,26)(H2,19,21,22). The van der Waals surface area contributed by atoms with Gasteiger partial charge in [-0.05, 0) is 31.8 Å². The Kier molecular flexibility index (Phi) is 5.59. The fourth-order valence-corrected chi connectivity index (χ4v) is 2.60. The Labute approximate surface area is 161 Å². The maximum Gasteiger partial charge on any atom is 0.335 e. The van der Waals surface area contributed by atoms with Crippen LogP contribution in [0.3, 0.4) is 0 Å². The van der Waals surface area contributed by atoms with Gasteiger partial charge in [-0.2, -0.15) is 15.0 Å². The zero-order chi connectivity index (χ0) is 20.3. The normalized spacial score (nSPS) is 11.1. The van der Waals surface area contributed by atoms with E-state index >= 15 is 0 Å². The van der Waals surface area contributed by atoms with Gasteiger partial charge in [0, 0.05) is 6.54 Å². The van der Waals surface area contributed by atoms with Crippen LogP contribution in [-0.2, 0) is 6.54 Å². The highest BCUT2D eigenvalue weighted by Crippen LogP contribution is 2.26. The number of benzene rings is 1. The van der Waals surface area contributed by atoms with E-state index < -0.39 is 5.97 Å². The van der Waals surface area contributed by atoms with Gasteiger partial charge in [-0.25, -0.2) is 4.79 Å². The van der Waals surface area contributed by atoms with Gasteiger partial charge in [-0.15, -0.1) is 0 Å². The SMILES string of the molecule is COc1nc2c(N)nc(OCCN(C)C)nc2n1Cc1ccc(C(=O)O)cc1. The molecule has 3 aromatic rings. The summed E-state index contributed by atoms with van der Waals surface area (Å²) in [5.74, 6) is -0.777. The number of likely N-dealkylation sites (N-methyl/N-ethyl adjacent to an activating group) is 1. The number of carboxylic acids is 1. The number of nitrogens with zero attached hydrogens (tertiary/aromatic N) is 5. The smallest absolute Gasteiger partial charge is 0.335 e. The van der Waals surface area contributed by atoms with Crippen LogP contribution in [0, 0.1) is 0 Å². The molecule has 148 valence electrons. The number of hydrogen-bond donors (Lipinski definition) is 2. The average Bonchev–Trinajstić information content (AvgIpc) is 3.00. The summed E-state index contributed by atoms with van der Waals surface area (Å²) in [6.45, 7) is 1.49. The summed E-state index contributed by atoms with van der Waals surface area (Å²) < 4.78 is 12.7. The van der Waals surface area contributed by atoms with E-state index in [1.165, 1.54) is 7.11 Å². The van der Waals surface area contributed by atoms with Crippen LogP contribution in [0.2, 0.25) is 0 Å². The van der Waals surface area contributed by atoms with Crippen LogP contribution in [0.4, 0.5) is 5.82 Å². The van der Waals surface area contributed by atoms with E-state index in [1.807, 2.05) is 19.0 Å². The van der Waals surface area contributed by atoms with Crippen LogP contribution in [-0.4, -0.2) is 69.9 Å². The van der Waals surface area contributed by atoms with Gasteiger partial charge in [-0.3, -0.25) is 4.57 Å². The number of aromatic carboxylic acids is 1. The van der Waals surface area contributed by atoms with Crippen molar-refractivity contribution in [2.75, 3.05) is 40.1 Å². The summed E-state index contributed by atoms with van der Waals surface area (Å²) in [4.78, 5) is 26.0. The van der Waals surface area contributed by atoms with Gasteiger partial charge >= 0.3 is 12.0 Å². The first-order valence-corrected chi connectivity index (χ1v) is 8.56. The Bertz CT molecular complexity index is 984. The van der Waals surface area contributed by atoms with E-state index in [1.54, 1.807) is 28.8 Å². The molecule has 0 fully saturated rings. The molecule has 28 heavy (non-hydrogen) atoms. The summed E-state index contributed by atoms with van der Waals surface area (Å²) in [5.41, 5.74) is 8.00. The van der Waals surface area contributed by atoms with Gasteiger partial charge in [0.1, 0.15) is 6.61 Å². The summed E-state index contributed by atoms with van der Waals surface area (Å²) in [5, 5.41) is 9.04. The van der Waals surface area contributed by atoms with E-state index in [0.717, 1.165) is 5.56 Å². The fraction of sp³-hybridized carbons (Fsp3) is 0.333. The van der Waals surface area contributed by atoms with E-state index in [0.29, 0.717) is 36.9 Å². The third kappa shape index (κ3) is 4.12. The first-order chi connectivity index (χ1) is 13.4. The molecule has 0 aliphatic heterocycles. The third-order valence-electron chi connectivity index (χ3n) is 4.06. The highest BCUT2D eigenvalue weighted by molar-refractivity contribution is 5.87. The summed E-state index contributed by atoms with van der Waals surface area (Å²) in [6.07, 6.45) is 0. The van der Waals surface area contributed by atoms with Gasteiger partial charge in [0.05, 0.1) is 19.2 Å². The van der Waals surface area contributed by atoms with Gasteiger partial charge < -0.3 is 25.2 Å². The second-order valence-corrected chi connectivity index (χ2v) is 6.40. The lowest BCUT2D eigenvalue weighted by Gasteiger charge is -2.11. The zero-order valence-electron chi connectivity index (χ0n) is 15.9. The molecule has 2 heterocycles. The van der Waals surface area contributed by atoms with Crippen molar-refractivity contribution in [2.45, 2.75) is 6.54 Å². The predicted octanol–water partition coefficient (Wildman–Crippen LogP) is 1.10. The number of nitrogen functional groups attached to an aromatic ring is 1. The number of nitrogens with two attached hydrogens (primary N) is 1. The number of aromatic nitrogens is 4. The van der Waals surface area contributed by atoms with Crippen LogP contribution in [0.1, 0.15) is 15.9 Å². The van der Waals surface area contributed by atoms with Crippen LogP contribution in [0.15, 0.2) is 24.3 Å². The second-order valence-electron chi connectivity index (χ2n) is 6.40. The van der Waals surface area contributed by atoms with Crippen LogP contribution in [0.5, 0.6) is 12.0 Å². The van der Waals surface area contributed by atoms with E-state index in [4.69, 9.17) is 20.3 Å². The van der Waals surface area contributed by atoms with Gasteiger partial charge in [-0.1, -0.05) is 12.1 Å². The van der Waals surface area contributed by atoms with Crippen molar-refractivity contribution >= 4 is 23.0 Å². The molecule has 0 atom stereocenters. The maximum absolute atomic E-state index is 11.0. The number of carboxylic acid groups (broad SMARTS) is 1. The number of fused-ring (bicyclic) bond motifs is 1. The number of ether oxygens (including phenoxy) is 2. The zero-order valence-corrected chi connectivity index (χ0v) is 15.9. The van der Waals surface area contributed by atoms with Crippen molar-refractivity contribution in [3.8, 4) is 12.0 Å². The quantitative estimate of drug-likeness (QED) is 0.585. The van der Waals surface area contributed by atoms with Crippen LogP contribution in [0.25, 0.3) is 11.2 Å². The molecular weight excluding hydrogens is 364 g/mol. The Balaban J connectivity index is 1.95. The van der Waals surface area contributed by atoms with Crippen molar-refractivity contribution in [1.82, 2.24) is 24.4 Å². The molecule has 3 N–H and O–H groups in total. The molecule has 10 nitrogen and oxygen atoms in total. The lowest BCUT2D eigenvalue weighted by molar-refractivity contribution is 0.0697. The van der Waals surface area contributed by atoms with E-state index in [-0.39, 0.29) is 17.4 Å². The Hall–Kier alpha value is -3.40.